The van der Waals surface area contributed by atoms with Crippen molar-refractivity contribution in [2.24, 2.45) is 0 Å². The molecule has 2 atom stereocenters. The van der Waals surface area contributed by atoms with Crippen molar-refractivity contribution in [3.8, 4) is 11.5 Å². The summed E-state index contributed by atoms with van der Waals surface area (Å²) < 4.78 is 43.4. The third kappa shape index (κ3) is 4.83. The highest BCUT2D eigenvalue weighted by atomic mass is 32.2. The zero-order chi connectivity index (χ0) is 24.8. The molecule has 0 spiro atoms. The van der Waals surface area contributed by atoms with Gasteiger partial charge < -0.3 is 18.8 Å². The van der Waals surface area contributed by atoms with Crippen LogP contribution in [0.1, 0.15) is 54.5 Å². The highest BCUT2D eigenvalue weighted by Crippen LogP contribution is 2.47. The molecular weight excluding hydrogens is 456 g/mol. The maximum Gasteiger partial charge on any atom is 0.339 e. The minimum Gasteiger partial charge on any atom is -0.487 e. The number of benzene rings is 2. The summed E-state index contributed by atoms with van der Waals surface area (Å²) in [4.78, 5) is 11.8. The third-order valence-electron chi connectivity index (χ3n) is 6.21. The molecule has 0 radical (unpaired) electrons. The van der Waals surface area contributed by atoms with Crippen LogP contribution in [0.3, 0.4) is 0 Å². The lowest BCUT2D eigenvalue weighted by atomic mass is 9.92. The molecule has 1 fully saturated rings. The van der Waals surface area contributed by atoms with Gasteiger partial charge in [-0.2, -0.15) is 8.42 Å². The molecule has 0 bridgehead atoms. The van der Waals surface area contributed by atoms with E-state index in [-0.39, 0.29) is 17.1 Å². The molecule has 4 rings (SSSR count). The number of carbonyl (C=O) groups is 1. The maximum absolute atomic E-state index is 13.1. The molecule has 2 heterocycles. The van der Waals surface area contributed by atoms with Crippen LogP contribution in [-0.4, -0.2) is 37.3 Å². The molecule has 2 aromatic carbocycles. The molecule has 0 saturated carbocycles. The summed E-state index contributed by atoms with van der Waals surface area (Å²) in [5, 5.41) is 9.91. The van der Waals surface area contributed by atoms with Crippen molar-refractivity contribution in [3.05, 3.63) is 58.2 Å². The minimum absolute atomic E-state index is 0.0184. The van der Waals surface area contributed by atoms with Crippen LogP contribution in [0, 0.1) is 20.8 Å². The SMILES string of the molecule is Cc1ccc(S(=O)(=O)Oc2c(C)c(C=C[C@H]3C[C@H](O)CC(=O)O3)c3c(c2C)CC(C)(C)O3)cc1. The monoisotopic (exact) mass is 486 g/mol. The smallest absolute Gasteiger partial charge is 0.339 e. The summed E-state index contributed by atoms with van der Waals surface area (Å²) in [5.41, 5.74) is 3.34. The van der Waals surface area contributed by atoms with Gasteiger partial charge in [-0.1, -0.05) is 23.8 Å². The van der Waals surface area contributed by atoms with Crippen molar-refractivity contribution < 1.29 is 32.0 Å². The van der Waals surface area contributed by atoms with Crippen molar-refractivity contribution in [3.63, 3.8) is 0 Å². The standard InChI is InChI=1S/C26H30O7S/c1-15-6-9-20(10-7-15)34(29,30)33-24-16(2)21(11-8-19-12-18(27)13-23(28)31-19)25-22(17(24)3)14-26(4,5)32-25/h6-11,18-19,27H,12-14H2,1-5H3/t18-,19-/m0/s1. The van der Waals surface area contributed by atoms with Gasteiger partial charge in [0, 0.05) is 35.1 Å². The van der Waals surface area contributed by atoms with Crippen molar-refractivity contribution in [1.82, 2.24) is 0 Å². The molecule has 34 heavy (non-hydrogen) atoms. The van der Waals surface area contributed by atoms with Crippen molar-refractivity contribution in [1.29, 1.82) is 0 Å². The number of aliphatic hydroxyl groups excluding tert-OH is 1. The molecule has 182 valence electrons. The Kier molecular flexibility index (Phi) is 6.25. The van der Waals surface area contributed by atoms with E-state index >= 15 is 0 Å². The van der Waals surface area contributed by atoms with Gasteiger partial charge in [0.15, 0.2) is 0 Å². The lowest BCUT2D eigenvalue weighted by molar-refractivity contribution is -0.156. The van der Waals surface area contributed by atoms with Gasteiger partial charge in [-0.05, 0) is 52.8 Å². The zero-order valence-electron chi connectivity index (χ0n) is 20.0. The van der Waals surface area contributed by atoms with Crippen molar-refractivity contribution in [2.45, 2.75) is 76.6 Å². The molecule has 0 aliphatic carbocycles. The molecule has 1 N–H and O–H groups in total. The molecule has 0 amide bonds. The number of hydrogen-bond donors (Lipinski definition) is 1. The molecular formula is C26H30O7S. The second-order valence-corrected chi connectivity index (χ2v) is 11.2. The first-order valence-corrected chi connectivity index (χ1v) is 12.7. The summed E-state index contributed by atoms with van der Waals surface area (Å²) in [7, 11) is -4.06. The Bertz CT molecular complexity index is 1260. The highest BCUT2D eigenvalue weighted by molar-refractivity contribution is 7.87. The summed E-state index contributed by atoms with van der Waals surface area (Å²) >= 11 is 0. The fraction of sp³-hybridized carbons (Fsp3) is 0.423. The molecule has 0 aromatic heterocycles. The fourth-order valence-electron chi connectivity index (χ4n) is 4.43. The normalized spacial score (nSPS) is 21.8. The summed E-state index contributed by atoms with van der Waals surface area (Å²) in [6, 6.07) is 6.50. The van der Waals surface area contributed by atoms with Crippen LogP contribution in [0.4, 0.5) is 0 Å². The maximum atomic E-state index is 13.1. The first-order valence-electron chi connectivity index (χ1n) is 11.3. The lowest BCUT2D eigenvalue weighted by Crippen LogP contribution is -2.31. The van der Waals surface area contributed by atoms with Gasteiger partial charge in [-0.3, -0.25) is 4.79 Å². The largest absolute Gasteiger partial charge is 0.487 e. The Hall–Kier alpha value is -2.84. The van der Waals surface area contributed by atoms with E-state index in [1.807, 2.05) is 27.7 Å². The summed E-state index contributed by atoms with van der Waals surface area (Å²) in [6.07, 6.45) is 2.99. The van der Waals surface area contributed by atoms with E-state index in [1.165, 1.54) is 12.1 Å². The summed E-state index contributed by atoms with van der Waals surface area (Å²) in [6.45, 7) is 9.44. The van der Waals surface area contributed by atoms with Crippen LogP contribution in [0.25, 0.3) is 6.08 Å². The number of fused-ring (bicyclic) bond motifs is 1. The van der Waals surface area contributed by atoms with E-state index in [4.69, 9.17) is 13.7 Å². The Balaban J connectivity index is 1.77. The third-order valence-corrected chi connectivity index (χ3v) is 7.44. The molecule has 2 aliphatic heterocycles. The molecule has 2 aromatic rings. The van der Waals surface area contributed by atoms with Crippen LogP contribution < -0.4 is 8.92 Å². The number of esters is 1. The Morgan fingerprint density at radius 2 is 1.79 bits per heavy atom. The average molecular weight is 487 g/mol. The molecule has 7 nitrogen and oxygen atoms in total. The van der Waals surface area contributed by atoms with Crippen LogP contribution >= 0.6 is 0 Å². The second kappa shape index (κ2) is 8.74. The van der Waals surface area contributed by atoms with E-state index in [0.29, 0.717) is 35.3 Å². The van der Waals surface area contributed by atoms with E-state index < -0.39 is 33.9 Å². The molecule has 1 saturated heterocycles. The van der Waals surface area contributed by atoms with E-state index in [9.17, 15) is 18.3 Å². The first kappa shape index (κ1) is 24.3. The van der Waals surface area contributed by atoms with E-state index in [2.05, 4.69) is 0 Å². The Morgan fingerprint density at radius 1 is 1.12 bits per heavy atom. The van der Waals surface area contributed by atoms with Crippen LogP contribution in [0.2, 0.25) is 0 Å². The van der Waals surface area contributed by atoms with Gasteiger partial charge in [-0.15, -0.1) is 0 Å². The molecule has 0 unspecified atom stereocenters. The van der Waals surface area contributed by atoms with E-state index in [0.717, 1.165) is 11.1 Å². The quantitative estimate of drug-likeness (QED) is 0.500. The lowest BCUT2D eigenvalue weighted by Gasteiger charge is -2.24. The number of aryl methyl sites for hydroxylation is 1. The second-order valence-electron chi connectivity index (χ2n) is 9.67. The number of hydrogen-bond acceptors (Lipinski definition) is 7. The number of carbonyl (C=O) groups excluding carboxylic acids is 1. The van der Waals surface area contributed by atoms with Gasteiger partial charge in [0.05, 0.1) is 12.5 Å². The first-order chi connectivity index (χ1) is 15.9. The van der Waals surface area contributed by atoms with Crippen LogP contribution in [-0.2, 0) is 26.1 Å². The highest BCUT2D eigenvalue weighted by Gasteiger charge is 2.36. The minimum atomic E-state index is -4.06. The van der Waals surface area contributed by atoms with Gasteiger partial charge in [0.2, 0.25) is 0 Å². The van der Waals surface area contributed by atoms with Crippen LogP contribution in [0.5, 0.6) is 11.5 Å². The van der Waals surface area contributed by atoms with Gasteiger partial charge in [-0.25, -0.2) is 0 Å². The fourth-order valence-corrected chi connectivity index (χ4v) is 5.47. The zero-order valence-corrected chi connectivity index (χ0v) is 20.9. The topological polar surface area (TPSA) is 99.1 Å². The molecule has 8 heteroatoms. The Labute approximate surface area is 200 Å². The number of rotatable bonds is 5. The van der Waals surface area contributed by atoms with E-state index in [1.54, 1.807) is 31.2 Å². The molecule has 2 aliphatic rings. The predicted octanol–water partition coefficient (Wildman–Crippen LogP) is 4.17. The summed E-state index contributed by atoms with van der Waals surface area (Å²) in [5.74, 6) is 0.477. The van der Waals surface area contributed by atoms with Gasteiger partial charge in [0.1, 0.15) is 28.1 Å². The van der Waals surface area contributed by atoms with Crippen LogP contribution in [0.15, 0.2) is 35.2 Å². The number of aliphatic hydroxyl groups is 1. The Morgan fingerprint density at radius 3 is 2.44 bits per heavy atom. The van der Waals surface area contributed by atoms with Crippen molar-refractivity contribution in [2.75, 3.05) is 0 Å². The van der Waals surface area contributed by atoms with Gasteiger partial charge in [0.25, 0.3) is 0 Å². The predicted molar refractivity (Wildman–Crippen MR) is 127 cm³/mol. The average Bonchev–Trinajstić information content (AvgIpc) is 3.06. The van der Waals surface area contributed by atoms with Crippen molar-refractivity contribution >= 4 is 22.2 Å². The number of cyclic esters (lactones) is 1. The van der Waals surface area contributed by atoms with Gasteiger partial charge >= 0.3 is 16.1 Å². The number of ether oxygens (including phenoxy) is 2.